The van der Waals surface area contributed by atoms with E-state index in [0.717, 1.165) is 50.6 Å². The Balaban J connectivity index is 1.32. The van der Waals surface area contributed by atoms with E-state index in [1.165, 1.54) is 6.08 Å². The average Bonchev–Trinajstić information content (AvgIpc) is 3.76. The lowest BCUT2D eigenvalue weighted by Gasteiger charge is -2.31. The SMILES string of the molecule is C=CC(=O)N1CCC(N(C)c2nc(OCC34CCCN3CCC4)nc3c(F)c(-c4nccc5cccc(Cl)c45)ncc23)C1. The summed E-state index contributed by atoms with van der Waals surface area (Å²) in [5.74, 6) is -0.217. The minimum absolute atomic E-state index is 0.0209. The van der Waals surface area contributed by atoms with Gasteiger partial charge in [0.05, 0.1) is 15.9 Å². The van der Waals surface area contributed by atoms with Crippen LogP contribution in [0.15, 0.2) is 49.3 Å². The van der Waals surface area contributed by atoms with Crippen molar-refractivity contribution in [3.05, 3.63) is 60.2 Å². The third-order valence-corrected chi connectivity index (χ3v) is 9.74. The zero-order valence-corrected chi connectivity index (χ0v) is 24.9. The van der Waals surface area contributed by atoms with Gasteiger partial charge in [0.15, 0.2) is 5.82 Å². The average molecular weight is 602 g/mol. The summed E-state index contributed by atoms with van der Waals surface area (Å²) in [5.41, 5.74) is 0.489. The van der Waals surface area contributed by atoms with E-state index in [2.05, 4.69) is 26.4 Å². The van der Waals surface area contributed by atoms with Gasteiger partial charge in [0.2, 0.25) is 5.91 Å². The Hall–Kier alpha value is -3.89. The van der Waals surface area contributed by atoms with Crippen molar-refractivity contribution in [2.45, 2.75) is 43.7 Å². The fourth-order valence-corrected chi connectivity index (χ4v) is 7.38. The molecule has 0 N–H and O–H groups in total. The Kier molecular flexibility index (Phi) is 7.13. The Bertz CT molecular complexity index is 1740. The molecule has 7 rings (SSSR count). The Morgan fingerprint density at radius 1 is 1.19 bits per heavy atom. The summed E-state index contributed by atoms with van der Waals surface area (Å²) in [6.07, 6.45) is 9.70. The van der Waals surface area contributed by atoms with E-state index in [9.17, 15) is 4.79 Å². The number of hydrogen-bond donors (Lipinski definition) is 0. The molecule has 1 unspecified atom stereocenters. The molecular formula is C32H33ClFN7O2. The Morgan fingerprint density at radius 3 is 2.79 bits per heavy atom. The lowest BCUT2D eigenvalue weighted by atomic mass is 9.95. The van der Waals surface area contributed by atoms with Crippen LogP contribution >= 0.6 is 11.6 Å². The van der Waals surface area contributed by atoms with Crippen molar-refractivity contribution in [1.82, 2.24) is 29.7 Å². The van der Waals surface area contributed by atoms with Crippen molar-refractivity contribution in [2.24, 2.45) is 0 Å². The van der Waals surface area contributed by atoms with Gasteiger partial charge >= 0.3 is 6.01 Å². The third kappa shape index (κ3) is 4.77. The summed E-state index contributed by atoms with van der Waals surface area (Å²) in [5, 5.41) is 2.38. The normalized spacial score (nSPS) is 19.7. The number of amides is 1. The number of rotatable bonds is 7. The number of carbonyl (C=O) groups is 1. The second-order valence-corrected chi connectivity index (χ2v) is 12.2. The molecule has 3 aliphatic rings. The maximum Gasteiger partial charge on any atom is 0.319 e. The standard InChI is InChI=1S/C32H33ClFN7O2/c1-3-24(42)40-16-10-21(18-40)39(2)30-22-17-36-29(28-25-20(9-13-35-28)7-4-8-23(25)33)26(34)27(22)37-31(38-30)43-19-32-11-5-14-41(32)15-6-12-32/h3-4,7-9,13,17,21H,1,5-6,10-12,14-16,18-19H2,2H3. The topological polar surface area (TPSA) is 87.6 Å². The first-order chi connectivity index (χ1) is 20.9. The number of aromatic nitrogens is 4. The number of fused-ring (bicyclic) bond motifs is 3. The van der Waals surface area contributed by atoms with Gasteiger partial charge in [-0.25, -0.2) is 4.39 Å². The molecule has 0 spiro atoms. The maximum atomic E-state index is 16.6. The molecule has 0 aliphatic carbocycles. The number of nitrogens with zero attached hydrogens (tertiary/aromatic N) is 7. The lowest BCUT2D eigenvalue weighted by molar-refractivity contribution is -0.125. The van der Waals surface area contributed by atoms with Crippen molar-refractivity contribution in [3.63, 3.8) is 0 Å². The minimum atomic E-state index is -0.615. The number of pyridine rings is 2. The molecule has 3 fully saturated rings. The first-order valence-corrected chi connectivity index (χ1v) is 15.2. The van der Waals surface area contributed by atoms with Gasteiger partial charge in [-0.15, -0.1) is 0 Å². The van der Waals surface area contributed by atoms with Crippen molar-refractivity contribution in [2.75, 3.05) is 44.7 Å². The molecule has 3 aliphatic heterocycles. The molecule has 0 bridgehead atoms. The summed E-state index contributed by atoms with van der Waals surface area (Å²) >= 11 is 6.56. The zero-order chi connectivity index (χ0) is 29.7. The molecule has 1 amide bonds. The van der Waals surface area contributed by atoms with Crippen LogP contribution in [-0.4, -0.2) is 87.1 Å². The fraction of sp³-hybridized carbons (Fsp3) is 0.406. The highest BCUT2D eigenvalue weighted by Crippen LogP contribution is 2.40. The van der Waals surface area contributed by atoms with E-state index >= 15 is 4.39 Å². The number of carbonyl (C=O) groups excluding carboxylic acids is 1. The highest BCUT2D eigenvalue weighted by Gasteiger charge is 2.45. The quantitative estimate of drug-likeness (QED) is 0.265. The highest BCUT2D eigenvalue weighted by molar-refractivity contribution is 6.36. The van der Waals surface area contributed by atoms with Crippen molar-refractivity contribution in [1.29, 1.82) is 0 Å². The van der Waals surface area contributed by atoms with E-state index in [1.54, 1.807) is 23.4 Å². The Morgan fingerprint density at radius 2 is 2.00 bits per heavy atom. The summed E-state index contributed by atoms with van der Waals surface area (Å²) in [6.45, 7) is 7.33. The van der Waals surface area contributed by atoms with E-state index in [-0.39, 0.29) is 34.7 Å². The predicted octanol–water partition coefficient (Wildman–Crippen LogP) is 5.26. The van der Waals surface area contributed by atoms with Crippen molar-refractivity contribution < 1.29 is 13.9 Å². The van der Waals surface area contributed by atoms with Crippen LogP contribution in [0.4, 0.5) is 10.2 Å². The predicted molar refractivity (Wildman–Crippen MR) is 165 cm³/mol. The number of ether oxygens (including phenoxy) is 1. The molecule has 0 radical (unpaired) electrons. The third-order valence-electron chi connectivity index (χ3n) is 9.42. The molecule has 43 heavy (non-hydrogen) atoms. The number of benzene rings is 1. The summed E-state index contributed by atoms with van der Waals surface area (Å²) in [7, 11) is 1.91. The van der Waals surface area contributed by atoms with Gasteiger partial charge in [0.1, 0.15) is 29.3 Å². The first kappa shape index (κ1) is 27.9. The Labute approximate surface area is 254 Å². The first-order valence-electron chi connectivity index (χ1n) is 14.8. The molecule has 3 aromatic heterocycles. The fourth-order valence-electron chi connectivity index (χ4n) is 7.11. The molecule has 4 aromatic rings. The molecule has 9 nitrogen and oxygen atoms in total. The van der Waals surface area contributed by atoms with Crippen molar-refractivity contribution in [3.8, 4) is 17.4 Å². The van der Waals surface area contributed by atoms with Crippen LogP contribution in [0.3, 0.4) is 0 Å². The summed E-state index contributed by atoms with van der Waals surface area (Å²) in [6, 6.07) is 7.44. The molecule has 11 heteroatoms. The monoisotopic (exact) mass is 601 g/mol. The molecule has 6 heterocycles. The van der Waals surface area contributed by atoms with E-state index < -0.39 is 5.82 Å². The van der Waals surface area contributed by atoms with Gasteiger partial charge < -0.3 is 14.5 Å². The molecule has 0 saturated carbocycles. The second kappa shape index (κ2) is 11.0. The lowest BCUT2D eigenvalue weighted by Crippen LogP contribution is -2.43. The minimum Gasteiger partial charge on any atom is -0.461 e. The smallest absolute Gasteiger partial charge is 0.319 e. The van der Waals surface area contributed by atoms with Crippen molar-refractivity contribution >= 4 is 45.0 Å². The summed E-state index contributed by atoms with van der Waals surface area (Å²) < 4.78 is 22.9. The summed E-state index contributed by atoms with van der Waals surface area (Å²) in [4.78, 5) is 37.0. The van der Waals surface area contributed by atoms with Gasteiger partial charge in [0, 0.05) is 44.0 Å². The number of anilines is 1. The number of likely N-dealkylation sites (N-methyl/N-ethyl adjacent to an activating group) is 1. The van der Waals surface area contributed by atoms with Crippen LogP contribution in [0.25, 0.3) is 33.1 Å². The maximum absolute atomic E-state index is 16.6. The molecule has 222 valence electrons. The van der Waals surface area contributed by atoms with Crippen LogP contribution in [0.1, 0.15) is 32.1 Å². The molecule has 3 saturated heterocycles. The number of halogens is 2. The molecule has 1 aromatic carbocycles. The zero-order valence-electron chi connectivity index (χ0n) is 24.1. The number of likely N-dealkylation sites (tertiary alicyclic amines) is 1. The van der Waals surface area contributed by atoms with E-state index in [0.29, 0.717) is 47.0 Å². The van der Waals surface area contributed by atoms with E-state index in [4.69, 9.17) is 21.3 Å². The molecule has 1 atom stereocenters. The van der Waals surface area contributed by atoms with E-state index in [1.807, 2.05) is 30.1 Å². The van der Waals surface area contributed by atoms with Crippen LogP contribution < -0.4 is 9.64 Å². The van der Waals surface area contributed by atoms with Gasteiger partial charge in [-0.05, 0) is 68.8 Å². The van der Waals surface area contributed by atoms with Gasteiger partial charge in [-0.1, -0.05) is 30.3 Å². The largest absolute Gasteiger partial charge is 0.461 e. The molecular weight excluding hydrogens is 569 g/mol. The van der Waals surface area contributed by atoms with Crippen LogP contribution in [0, 0.1) is 5.82 Å². The second-order valence-electron chi connectivity index (χ2n) is 11.8. The van der Waals surface area contributed by atoms with Crippen LogP contribution in [0.5, 0.6) is 6.01 Å². The number of hydrogen-bond acceptors (Lipinski definition) is 8. The highest BCUT2D eigenvalue weighted by atomic mass is 35.5. The van der Waals surface area contributed by atoms with Gasteiger partial charge in [-0.3, -0.25) is 19.7 Å². The van der Waals surface area contributed by atoms with Crippen LogP contribution in [0.2, 0.25) is 5.02 Å². The van der Waals surface area contributed by atoms with Crippen LogP contribution in [-0.2, 0) is 4.79 Å². The van der Waals surface area contributed by atoms with Gasteiger partial charge in [-0.2, -0.15) is 9.97 Å². The van der Waals surface area contributed by atoms with Gasteiger partial charge in [0.25, 0.3) is 0 Å².